The first-order valence-electron chi connectivity index (χ1n) is 8.84. The maximum atomic E-state index is 11.8. The second kappa shape index (κ2) is 14.0. The molecular weight excluding hydrogens is 344 g/mol. The fraction of sp³-hybridized carbons (Fsp3) is 0.824. The minimum Gasteiger partial charge on any atom is -0.449 e. The second-order valence-corrected chi connectivity index (χ2v) is 5.88. The van der Waals surface area contributed by atoms with Gasteiger partial charge in [-0.3, -0.25) is 0 Å². The molecule has 1 aliphatic rings. The second-order valence-electron chi connectivity index (χ2n) is 5.88. The fourth-order valence-corrected chi connectivity index (χ4v) is 1.83. The molecule has 0 spiro atoms. The minimum atomic E-state index is -0.552. The molecule has 1 aliphatic carbocycles. The van der Waals surface area contributed by atoms with E-state index in [1.54, 1.807) is 19.1 Å². The van der Waals surface area contributed by atoms with Crippen LogP contribution in [-0.2, 0) is 33.2 Å². The van der Waals surface area contributed by atoms with Crippen LogP contribution < -0.4 is 11.5 Å². The molecule has 0 saturated carbocycles. The van der Waals surface area contributed by atoms with Crippen LogP contribution in [0, 0.1) is 0 Å². The van der Waals surface area contributed by atoms with Crippen molar-refractivity contribution in [2.24, 2.45) is 11.5 Å². The molecule has 9 heteroatoms. The monoisotopic (exact) mass is 376 g/mol. The third-order valence-corrected chi connectivity index (χ3v) is 3.28. The number of esters is 1. The molecule has 0 aliphatic heterocycles. The molecule has 0 amide bonds. The molecule has 0 aromatic carbocycles. The van der Waals surface area contributed by atoms with Gasteiger partial charge in [-0.05, 0) is 19.1 Å². The van der Waals surface area contributed by atoms with Gasteiger partial charge in [-0.1, -0.05) is 0 Å². The molecule has 9 nitrogen and oxygen atoms in total. The lowest BCUT2D eigenvalue weighted by atomic mass is 10.3. The summed E-state index contributed by atoms with van der Waals surface area (Å²) < 4.78 is 32.2. The predicted molar refractivity (Wildman–Crippen MR) is 94.8 cm³/mol. The Balaban J connectivity index is 2.18. The van der Waals surface area contributed by atoms with Gasteiger partial charge in [0.1, 0.15) is 18.3 Å². The number of rotatable bonds is 18. The SMILES string of the molecule is CC1(OC(=O)COC(COCCOCCN)COCCOCCN)C=C1. The van der Waals surface area contributed by atoms with Gasteiger partial charge in [0.15, 0.2) is 0 Å². The molecule has 1 rings (SSSR count). The topological polar surface area (TPSA) is 124 Å². The van der Waals surface area contributed by atoms with Gasteiger partial charge in [0.2, 0.25) is 0 Å². The summed E-state index contributed by atoms with van der Waals surface area (Å²) in [6, 6.07) is 0. The molecule has 0 unspecified atom stereocenters. The van der Waals surface area contributed by atoms with E-state index >= 15 is 0 Å². The van der Waals surface area contributed by atoms with E-state index in [1.807, 2.05) is 0 Å². The zero-order chi connectivity index (χ0) is 19.1. The number of ether oxygens (including phenoxy) is 6. The van der Waals surface area contributed by atoms with Crippen LogP contribution in [0.4, 0.5) is 0 Å². The lowest BCUT2D eigenvalue weighted by Crippen LogP contribution is -2.31. The van der Waals surface area contributed by atoms with Crippen molar-refractivity contribution in [1.82, 2.24) is 0 Å². The van der Waals surface area contributed by atoms with Crippen molar-refractivity contribution >= 4 is 5.97 Å². The van der Waals surface area contributed by atoms with Crippen molar-refractivity contribution in [3.63, 3.8) is 0 Å². The van der Waals surface area contributed by atoms with Gasteiger partial charge in [0, 0.05) is 13.1 Å². The maximum absolute atomic E-state index is 11.8. The van der Waals surface area contributed by atoms with Gasteiger partial charge in [-0.2, -0.15) is 0 Å². The average Bonchev–Trinajstić information content (AvgIpc) is 3.34. The standard InChI is InChI=1S/C17H32N2O7/c1-17(2-3-17)26-16(20)14-25-15(12-23-10-8-21-6-4-18)13-24-11-9-22-7-5-19/h2-3,15H,4-14,18-19H2,1H3. The van der Waals surface area contributed by atoms with Gasteiger partial charge in [-0.25, -0.2) is 4.79 Å². The van der Waals surface area contributed by atoms with Gasteiger partial charge in [-0.15, -0.1) is 0 Å². The highest BCUT2D eigenvalue weighted by molar-refractivity contribution is 5.72. The van der Waals surface area contributed by atoms with Crippen LogP contribution in [0.3, 0.4) is 0 Å². The van der Waals surface area contributed by atoms with Gasteiger partial charge < -0.3 is 39.9 Å². The van der Waals surface area contributed by atoms with Gasteiger partial charge >= 0.3 is 5.97 Å². The van der Waals surface area contributed by atoms with Crippen LogP contribution in [-0.4, -0.2) is 90.2 Å². The molecule has 0 atom stereocenters. The average molecular weight is 376 g/mol. The van der Waals surface area contributed by atoms with Crippen LogP contribution in [0.2, 0.25) is 0 Å². The van der Waals surface area contributed by atoms with Crippen LogP contribution in [0.15, 0.2) is 12.2 Å². The van der Waals surface area contributed by atoms with Crippen LogP contribution in [0.1, 0.15) is 6.92 Å². The van der Waals surface area contributed by atoms with E-state index in [9.17, 15) is 4.79 Å². The van der Waals surface area contributed by atoms with E-state index in [-0.39, 0.29) is 19.8 Å². The Kier molecular flexibility index (Phi) is 12.4. The summed E-state index contributed by atoms with van der Waals surface area (Å²) in [4.78, 5) is 11.8. The van der Waals surface area contributed by atoms with Crippen LogP contribution >= 0.6 is 0 Å². The Morgan fingerprint density at radius 2 is 1.38 bits per heavy atom. The fourth-order valence-electron chi connectivity index (χ4n) is 1.83. The summed E-state index contributed by atoms with van der Waals surface area (Å²) in [5.74, 6) is -0.431. The lowest BCUT2D eigenvalue weighted by molar-refractivity contribution is -0.159. The summed E-state index contributed by atoms with van der Waals surface area (Å²) in [5.41, 5.74) is 10.1. The molecule has 0 aromatic rings. The number of hydrogen-bond donors (Lipinski definition) is 2. The molecule has 0 radical (unpaired) electrons. The Morgan fingerprint density at radius 1 is 0.885 bits per heavy atom. The molecule has 0 saturated heterocycles. The summed E-state index contributed by atoms with van der Waals surface area (Å²) in [5, 5.41) is 0. The highest BCUT2D eigenvalue weighted by Crippen LogP contribution is 2.27. The first-order valence-corrected chi connectivity index (χ1v) is 8.84. The van der Waals surface area contributed by atoms with Gasteiger partial charge in [0.25, 0.3) is 0 Å². The molecule has 0 heterocycles. The maximum Gasteiger partial charge on any atom is 0.333 e. The lowest BCUT2D eigenvalue weighted by Gasteiger charge is -2.19. The molecule has 4 N–H and O–H groups in total. The van der Waals surface area contributed by atoms with Crippen molar-refractivity contribution in [3.8, 4) is 0 Å². The Labute approximate surface area is 154 Å². The summed E-state index contributed by atoms with van der Waals surface area (Å²) in [7, 11) is 0. The number of carbonyl (C=O) groups is 1. The Bertz CT molecular complexity index is 385. The zero-order valence-electron chi connectivity index (χ0n) is 15.5. The summed E-state index contributed by atoms with van der Waals surface area (Å²) >= 11 is 0. The smallest absolute Gasteiger partial charge is 0.333 e. The largest absolute Gasteiger partial charge is 0.449 e. The normalized spacial score (nSPS) is 14.8. The highest BCUT2D eigenvalue weighted by Gasteiger charge is 2.32. The highest BCUT2D eigenvalue weighted by atomic mass is 16.6. The van der Waals surface area contributed by atoms with E-state index < -0.39 is 17.7 Å². The number of hydrogen-bond acceptors (Lipinski definition) is 9. The zero-order valence-corrected chi connectivity index (χ0v) is 15.5. The molecular formula is C17H32N2O7. The summed E-state index contributed by atoms with van der Waals surface area (Å²) in [6.45, 7) is 5.84. The molecule has 0 fully saturated rings. The third kappa shape index (κ3) is 12.3. The van der Waals surface area contributed by atoms with Crippen LogP contribution in [0.5, 0.6) is 0 Å². The van der Waals surface area contributed by atoms with Crippen LogP contribution in [0.25, 0.3) is 0 Å². The quantitative estimate of drug-likeness (QED) is 0.180. The van der Waals surface area contributed by atoms with Crippen molar-refractivity contribution in [2.45, 2.75) is 18.6 Å². The van der Waals surface area contributed by atoms with Gasteiger partial charge in [0.05, 0.1) is 52.9 Å². The number of carbonyl (C=O) groups excluding carboxylic acids is 1. The minimum absolute atomic E-state index is 0.165. The van der Waals surface area contributed by atoms with Crippen molar-refractivity contribution in [1.29, 1.82) is 0 Å². The van der Waals surface area contributed by atoms with Crippen molar-refractivity contribution in [2.75, 3.05) is 72.6 Å². The Morgan fingerprint density at radius 3 is 1.85 bits per heavy atom. The van der Waals surface area contributed by atoms with E-state index in [4.69, 9.17) is 39.9 Å². The van der Waals surface area contributed by atoms with E-state index in [2.05, 4.69) is 0 Å². The van der Waals surface area contributed by atoms with Crippen molar-refractivity contribution in [3.05, 3.63) is 12.2 Å². The first-order chi connectivity index (χ1) is 12.6. The Hall–Kier alpha value is -1.07. The van der Waals surface area contributed by atoms with E-state index in [1.165, 1.54) is 0 Å². The van der Waals surface area contributed by atoms with Crippen molar-refractivity contribution < 1.29 is 33.2 Å². The first kappa shape index (κ1) is 23.0. The van der Waals surface area contributed by atoms with E-state index in [0.717, 1.165) is 0 Å². The molecule has 152 valence electrons. The molecule has 0 bridgehead atoms. The summed E-state index contributed by atoms with van der Waals surface area (Å²) in [6.07, 6.45) is 3.21. The number of nitrogens with two attached hydrogens (primary N) is 2. The molecule has 26 heavy (non-hydrogen) atoms. The molecule has 0 aromatic heterocycles. The van der Waals surface area contributed by atoms with E-state index in [0.29, 0.717) is 52.7 Å². The predicted octanol–water partition coefficient (Wildman–Crippen LogP) is -0.773. The third-order valence-electron chi connectivity index (χ3n) is 3.28.